The fourth-order valence-electron chi connectivity index (χ4n) is 4.80. The first-order chi connectivity index (χ1) is 21.4. The number of hydrogen-bond acceptors (Lipinski definition) is 8. The van der Waals surface area contributed by atoms with Gasteiger partial charge in [-0.2, -0.15) is 0 Å². The van der Waals surface area contributed by atoms with Crippen LogP contribution in [0.1, 0.15) is 35.3 Å². The Hall–Kier alpha value is -4.37. The molecule has 0 amide bonds. The van der Waals surface area contributed by atoms with E-state index in [1.54, 1.807) is 30.3 Å². The zero-order chi connectivity index (χ0) is 30.9. The monoisotopic (exact) mass is 615 g/mol. The summed E-state index contributed by atoms with van der Waals surface area (Å²) in [5.74, 6) is -0.833. The van der Waals surface area contributed by atoms with Gasteiger partial charge in [-0.3, -0.25) is 0 Å². The van der Waals surface area contributed by atoms with E-state index in [1.807, 2.05) is 79.7 Å². The Morgan fingerprint density at radius 3 is 1.95 bits per heavy atom. The van der Waals surface area contributed by atoms with E-state index < -0.39 is 30.3 Å². The van der Waals surface area contributed by atoms with Crippen LogP contribution in [0, 0.1) is 0 Å². The van der Waals surface area contributed by atoms with Gasteiger partial charge in [-0.25, -0.2) is 9.59 Å². The minimum absolute atomic E-state index is 0.00117. The quantitative estimate of drug-likeness (QED) is 0.199. The van der Waals surface area contributed by atoms with Gasteiger partial charge in [0.2, 0.25) is 12.2 Å². The Balaban J connectivity index is 1.25. The van der Waals surface area contributed by atoms with Gasteiger partial charge in [-0.05, 0) is 59.9 Å². The van der Waals surface area contributed by atoms with Crippen molar-refractivity contribution in [1.82, 2.24) is 5.32 Å². The van der Waals surface area contributed by atoms with Crippen LogP contribution in [0.2, 0.25) is 5.02 Å². The highest BCUT2D eigenvalue weighted by Crippen LogP contribution is 2.36. The SMILES string of the molecule is C[C@H](Cc1ccc2c(c1)OC(C(=O)OCc1ccccc1)C(C(=O)OCc1ccccc1)O2)NC[C@H](O)c1cccc(Cl)c1. The number of fused-ring (bicyclic) bond motifs is 1. The smallest absolute Gasteiger partial charge is 0.352 e. The van der Waals surface area contributed by atoms with Crippen LogP contribution in [-0.4, -0.2) is 41.8 Å². The van der Waals surface area contributed by atoms with E-state index in [1.165, 1.54) is 0 Å². The highest BCUT2D eigenvalue weighted by molar-refractivity contribution is 6.30. The summed E-state index contributed by atoms with van der Waals surface area (Å²) in [6.07, 6.45) is -2.83. The second-order valence-corrected chi connectivity index (χ2v) is 11.1. The van der Waals surface area contributed by atoms with E-state index in [2.05, 4.69) is 5.32 Å². The topological polar surface area (TPSA) is 103 Å². The van der Waals surface area contributed by atoms with Crippen molar-refractivity contribution in [3.8, 4) is 11.5 Å². The molecule has 0 aliphatic carbocycles. The van der Waals surface area contributed by atoms with Crippen LogP contribution in [0.25, 0.3) is 0 Å². The molecular weight excluding hydrogens is 582 g/mol. The lowest BCUT2D eigenvalue weighted by atomic mass is 10.0. The first-order valence-electron chi connectivity index (χ1n) is 14.4. The molecule has 0 saturated heterocycles. The fourth-order valence-corrected chi connectivity index (χ4v) is 5.00. The van der Waals surface area contributed by atoms with Crippen LogP contribution >= 0.6 is 11.6 Å². The average Bonchev–Trinajstić information content (AvgIpc) is 3.05. The zero-order valence-corrected chi connectivity index (χ0v) is 25.0. The van der Waals surface area contributed by atoms with Gasteiger partial charge >= 0.3 is 11.9 Å². The lowest BCUT2D eigenvalue weighted by molar-refractivity contribution is -0.173. The third-order valence-corrected chi connectivity index (χ3v) is 7.37. The van der Waals surface area contributed by atoms with Crippen LogP contribution in [0.5, 0.6) is 11.5 Å². The molecule has 228 valence electrons. The van der Waals surface area contributed by atoms with E-state index in [9.17, 15) is 14.7 Å². The number of aliphatic hydroxyl groups is 1. The summed E-state index contributed by atoms with van der Waals surface area (Å²) in [6, 6.07) is 31.0. The normalized spacial score (nSPS) is 16.9. The molecule has 0 saturated carbocycles. The summed E-state index contributed by atoms with van der Waals surface area (Å²) >= 11 is 6.05. The van der Waals surface area contributed by atoms with Crippen molar-refractivity contribution in [3.05, 3.63) is 130 Å². The molecule has 4 aromatic rings. The lowest BCUT2D eigenvalue weighted by Gasteiger charge is -2.31. The maximum atomic E-state index is 13.2. The molecule has 8 nitrogen and oxygen atoms in total. The van der Waals surface area contributed by atoms with Gasteiger partial charge in [-0.15, -0.1) is 0 Å². The fraction of sp³-hybridized carbons (Fsp3) is 0.257. The molecule has 1 aliphatic heterocycles. The molecule has 4 atom stereocenters. The second-order valence-electron chi connectivity index (χ2n) is 10.6. The first-order valence-corrected chi connectivity index (χ1v) is 14.8. The van der Waals surface area contributed by atoms with Crippen molar-refractivity contribution in [2.75, 3.05) is 6.54 Å². The summed E-state index contributed by atoms with van der Waals surface area (Å²) in [4.78, 5) is 26.4. The standard InChI is InChI=1S/C35H34ClNO7/c1-23(37-20-29(38)27-13-8-14-28(36)19-27)17-26-15-16-30-31(18-26)44-33(35(40)42-22-25-11-6-3-7-12-25)32(43-30)34(39)41-21-24-9-4-2-5-10-24/h2-16,18-19,23,29,32-33,37-38H,17,20-22H2,1H3/t23-,29+,32?,33?/m1/s1. The summed E-state index contributed by atoms with van der Waals surface area (Å²) in [5.41, 5.74) is 3.24. The van der Waals surface area contributed by atoms with Gasteiger partial charge in [0.1, 0.15) is 13.2 Å². The Bertz CT molecular complexity index is 1550. The van der Waals surface area contributed by atoms with E-state index in [0.717, 1.165) is 22.3 Å². The van der Waals surface area contributed by atoms with Crippen LogP contribution in [0.3, 0.4) is 0 Å². The first kappa shape index (κ1) is 31.1. The molecule has 0 radical (unpaired) electrons. The van der Waals surface area contributed by atoms with Crippen molar-refractivity contribution in [2.24, 2.45) is 0 Å². The molecule has 2 N–H and O–H groups in total. The molecule has 1 aliphatic rings. The third-order valence-electron chi connectivity index (χ3n) is 7.14. The van der Waals surface area contributed by atoms with Gasteiger partial charge in [0.05, 0.1) is 6.10 Å². The van der Waals surface area contributed by atoms with Crippen molar-refractivity contribution >= 4 is 23.5 Å². The van der Waals surface area contributed by atoms with E-state index in [0.29, 0.717) is 29.5 Å². The highest BCUT2D eigenvalue weighted by Gasteiger charge is 2.44. The van der Waals surface area contributed by atoms with Crippen molar-refractivity contribution in [1.29, 1.82) is 0 Å². The maximum absolute atomic E-state index is 13.2. The summed E-state index contributed by atoms with van der Waals surface area (Å²) < 4.78 is 23.1. The number of rotatable bonds is 12. The molecule has 44 heavy (non-hydrogen) atoms. The number of ether oxygens (including phenoxy) is 4. The van der Waals surface area contributed by atoms with Crippen LogP contribution in [-0.2, 0) is 38.7 Å². The second kappa shape index (κ2) is 14.9. The molecule has 9 heteroatoms. The molecule has 2 unspecified atom stereocenters. The minimum Gasteiger partial charge on any atom is -0.470 e. The molecule has 0 aromatic heterocycles. The van der Waals surface area contributed by atoms with Gasteiger partial charge in [0.25, 0.3) is 0 Å². The van der Waals surface area contributed by atoms with Crippen molar-refractivity contribution in [2.45, 2.75) is 50.9 Å². The Morgan fingerprint density at radius 1 is 0.773 bits per heavy atom. The molecule has 4 aromatic carbocycles. The molecule has 0 spiro atoms. The van der Waals surface area contributed by atoms with Crippen LogP contribution < -0.4 is 14.8 Å². The highest BCUT2D eigenvalue weighted by atomic mass is 35.5. The predicted molar refractivity (Wildman–Crippen MR) is 165 cm³/mol. The largest absolute Gasteiger partial charge is 0.470 e. The number of carbonyl (C=O) groups is 2. The molecular formula is C35H34ClNO7. The predicted octanol–water partition coefficient (Wildman–Crippen LogP) is 5.59. The van der Waals surface area contributed by atoms with E-state index in [-0.39, 0.29) is 19.3 Å². The van der Waals surface area contributed by atoms with Crippen molar-refractivity contribution in [3.63, 3.8) is 0 Å². The number of benzene rings is 4. The molecule has 0 fully saturated rings. The molecule has 5 rings (SSSR count). The lowest BCUT2D eigenvalue weighted by Crippen LogP contribution is -2.51. The molecule has 0 bridgehead atoms. The zero-order valence-electron chi connectivity index (χ0n) is 24.2. The number of halogens is 1. The minimum atomic E-state index is -1.37. The average molecular weight is 616 g/mol. The van der Waals surface area contributed by atoms with E-state index >= 15 is 0 Å². The Labute approximate surface area is 261 Å². The van der Waals surface area contributed by atoms with Gasteiger partial charge in [0, 0.05) is 17.6 Å². The maximum Gasteiger partial charge on any atom is 0.352 e. The Morgan fingerprint density at radius 2 is 1.36 bits per heavy atom. The summed E-state index contributed by atoms with van der Waals surface area (Å²) in [6.45, 7) is 2.38. The van der Waals surface area contributed by atoms with Crippen LogP contribution in [0.15, 0.2) is 103 Å². The van der Waals surface area contributed by atoms with Gasteiger partial charge in [-0.1, -0.05) is 90.5 Å². The number of esters is 2. The van der Waals surface area contributed by atoms with Gasteiger partial charge < -0.3 is 29.4 Å². The third kappa shape index (κ3) is 8.38. The number of nitrogens with one attached hydrogen (secondary N) is 1. The van der Waals surface area contributed by atoms with Crippen molar-refractivity contribution < 1.29 is 33.6 Å². The van der Waals surface area contributed by atoms with Gasteiger partial charge in [0.15, 0.2) is 11.5 Å². The summed E-state index contributed by atoms with van der Waals surface area (Å²) in [7, 11) is 0. The number of hydrogen-bond donors (Lipinski definition) is 2. The molecule has 1 heterocycles. The van der Waals surface area contributed by atoms with E-state index in [4.69, 9.17) is 30.5 Å². The number of carbonyl (C=O) groups excluding carboxylic acids is 2. The Kier molecular flexibility index (Phi) is 10.5. The number of aliphatic hydroxyl groups excluding tert-OH is 1. The summed E-state index contributed by atoms with van der Waals surface area (Å²) in [5, 5.41) is 14.5. The van der Waals surface area contributed by atoms with Crippen LogP contribution in [0.4, 0.5) is 0 Å².